The molecule has 0 saturated carbocycles. The van der Waals surface area contributed by atoms with Gasteiger partial charge in [0.1, 0.15) is 5.75 Å². The molecule has 0 unspecified atom stereocenters. The van der Waals surface area contributed by atoms with Crippen LogP contribution in [0.15, 0.2) is 17.5 Å². The first-order chi connectivity index (χ1) is 11.3. The number of aromatic nitrogens is 1. The fourth-order valence-corrected chi connectivity index (χ4v) is 2.79. The van der Waals surface area contributed by atoms with Gasteiger partial charge in [0, 0.05) is 11.3 Å². The largest absolute Gasteiger partial charge is 0.426 e. The summed E-state index contributed by atoms with van der Waals surface area (Å²) in [6.45, 7) is 9.46. The molecular weight excluding hydrogens is 324 g/mol. The number of nitrogens with one attached hydrogen (secondary N) is 1. The van der Waals surface area contributed by atoms with Gasteiger partial charge in [-0.2, -0.15) is 0 Å². The van der Waals surface area contributed by atoms with E-state index in [0.29, 0.717) is 16.6 Å². The Labute approximate surface area is 146 Å². The van der Waals surface area contributed by atoms with Gasteiger partial charge in [0.15, 0.2) is 5.13 Å². The molecule has 0 aliphatic carbocycles. The van der Waals surface area contributed by atoms with E-state index in [1.807, 2.05) is 46.8 Å². The average Bonchev–Trinajstić information content (AvgIpc) is 2.94. The second-order valence-electron chi connectivity index (χ2n) is 6.09. The number of benzene rings is 1. The third-order valence-electron chi connectivity index (χ3n) is 3.72. The van der Waals surface area contributed by atoms with Crippen LogP contribution in [0.25, 0.3) is 0 Å². The van der Waals surface area contributed by atoms with E-state index in [-0.39, 0.29) is 24.2 Å². The van der Waals surface area contributed by atoms with Gasteiger partial charge in [0.25, 0.3) is 0 Å². The fraction of sp³-hybridized carbons (Fsp3) is 0.389. The lowest BCUT2D eigenvalue weighted by Crippen LogP contribution is -2.17. The van der Waals surface area contributed by atoms with Crippen LogP contribution < -0.4 is 10.1 Å². The van der Waals surface area contributed by atoms with Crippen LogP contribution in [-0.2, 0) is 16.0 Å². The van der Waals surface area contributed by atoms with Crippen LogP contribution in [0.3, 0.4) is 0 Å². The lowest BCUT2D eigenvalue weighted by atomic mass is 10.1. The molecule has 0 fully saturated rings. The predicted octanol–water partition coefficient (Wildman–Crippen LogP) is 3.81. The number of aryl methyl sites for hydroxylation is 2. The molecule has 1 aromatic carbocycles. The van der Waals surface area contributed by atoms with Gasteiger partial charge < -0.3 is 10.1 Å². The van der Waals surface area contributed by atoms with E-state index in [1.165, 1.54) is 11.3 Å². The molecule has 0 spiro atoms. The molecule has 2 aromatic rings. The smallest absolute Gasteiger partial charge is 0.317 e. The number of thiazole rings is 1. The normalized spacial score (nSPS) is 10.8. The van der Waals surface area contributed by atoms with Crippen molar-refractivity contribution in [3.63, 3.8) is 0 Å². The molecule has 24 heavy (non-hydrogen) atoms. The molecule has 6 heteroatoms. The van der Waals surface area contributed by atoms with E-state index < -0.39 is 0 Å². The van der Waals surface area contributed by atoms with Crippen molar-refractivity contribution in [2.24, 2.45) is 5.92 Å². The van der Waals surface area contributed by atoms with Gasteiger partial charge >= 0.3 is 5.97 Å². The van der Waals surface area contributed by atoms with Crippen LogP contribution in [0.5, 0.6) is 5.75 Å². The van der Waals surface area contributed by atoms with Gasteiger partial charge in [-0.1, -0.05) is 26.0 Å². The number of anilines is 1. The number of hydrogen-bond donors (Lipinski definition) is 1. The lowest BCUT2D eigenvalue weighted by molar-refractivity contribution is -0.133. The maximum Gasteiger partial charge on any atom is 0.317 e. The maximum absolute atomic E-state index is 12.2. The van der Waals surface area contributed by atoms with E-state index >= 15 is 0 Å². The zero-order valence-corrected chi connectivity index (χ0v) is 15.4. The zero-order chi connectivity index (χ0) is 17.9. The van der Waals surface area contributed by atoms with Crippen molar-refractivity contribution in [2.75, 3.05) is 5.32 Å². The summed E-state index contributed by atoms with van der Waals surface area (Å²) in [5.74, 6) is 0.0430. The maximum atomic E-state index is 12.2. The van der Waals surface area contributed by atoms with Crippen LogP contribution in [0.2, 0.25) is 0 Å². The molecule has 0 atom stereocenters. The Kier molecular flexibility index (Phi) is 5.72. The van der Waals surface area contributed by atoms with E-state index in [2.05, 4.69) is 10.3 Å². The predicted molar refractivity (Wildman–Crippen MR) is 95.6 cm³/mol. The van der Waals surface area contributed by atoms with Crippen LogP contribution in [0.4, 0.5) is 5.13 Å². The fourth-order valence-electron chi connectivity index (χ4n) is 2.08. The Morgan fingerprint density at radius 3 is 2.54 bits per heavy atom. The van der Waals surface area contributed by atoms with Crippen LogP contribution >= 0.6 is 11.3 Å². The first kappa shape index (κ1) is 18.1. The second-order valence-corrected chi connectivity index (χ2v) is 6.95. The summed E-state index contributed by atoms with van der Waals surface area (Å²) < 4.78 is 5.53. The van der Waals surface area contributed by atoms with Crippen LogP contribution in [0, 0.1) is 26.7 Å². The molecule has 0 aliphatic heterocycles. The lowest BCUT2D eigenvalue weighted by Gasteiger charge is -2.12. The number of carbonyl (C=O) groups is 2. The molecule has 0 aliphatic rings. The monoisotopic (exact) mass is 346 g/mol. The Hall–Kier alpha value is -2.21. The number of esters is 1. The minimum absolute atomic E-state index is 0.0703. The van der Waals surface area contributed by atoms with Crippen molar-refractivity contribution in [2.45, 2.75) is 41.0 Å². The quantitative estimate of drug-likeness (QED) is 0.660. The van der Waals surface area contributed by atoms with Crippen LogP contribution in [0.1, 0.15) is 36.2 Å². The van der Waals surface area contributed by atoms with E-state index in [1.54, 1.807) is 5.38 Å². The Bertz CT molecular complexity index is 766. The molecule has 1 heterocycles. The highest BCUT2D eigenvalue weighted by molar-refractivity contribution is 7.13. The van der Waals surface area contributed by atoms with Gasteiger partial charge in [0.2, 0.25) is 5.91 Å². The molecule has 1 amide bonds. The van der Waals surface area contributed by atoms with Gasteiger partial charge in [-0.25, -0.2) is 4.98 Å². The standard InChI is InChI=1S/C18H22N2O3S/c1-10(2)17(22)20-18-19-14(9-24-18)8-15(21)23-16-12(4)7-6-11(3)13(16)5/h6-7,9-10H,8H2,1-5H3,(H,19,20,22). The molecular formula is C18H22N2O3S. The number of nitrogens with zero attached hydrogens (tertiary/aromatic N) is 1. The highest BCUT2D eigenvalue weighted by atomic mass is 32.1. The first-order valence-corrected chi connectivity index (χ1v) is 8.68. The van der Waals surface area contributed by atoms with Crippen molar-refractivity contribution in [3.8, 4) is 5.75 Å². The van der Waals surface area contributed by atoms with Crippen molar-refractivity contribution < 1.29 is 14.3 Å². The topological polar surface area (TPSA) is 68.3 Å². The zero-order valence-electron chi connectivity index (χ0n) is 14.6. The molecule has 0 bridgehead atoms. The molecule has 2 rings (SSSR count). The Morgan fingerprint density at radius 1 is 1.21 bits per heavy atom. The minimum Gasteiger partial charge on any atom is -0.426 e. The molecule has 5 nitrogen and oxygen atoms in total. The van der Waals surface area contributed by atoms with Crippen LogP contribution in [-0.4, -0.2) is 16.9 Å². The molecule has 128 valence electrons. The summed E-state index contributed by atoms with van der Waals surface area (Å²) in [4.78, 5) is 28.1. The van der Waals surface area contributed by atoms with Crippen molar-refractivity contribution in [3.05, 3.63) is 39.9 Å². The van der Waals surface area contributed by atoms with Gasteiger partial charge in [-0.15, -0.1) is 11.3 Å². The van der Waals surface area contributed by atoms with Crippen molar-refractivity contribution in [1.29, 1.82) is 0 Å². The SMILES string of the molecule is Cc1ccc(C)c(OC(=O)Cc2csc(NC(=O)C(C)C)n2)c1C. The third-order valence-corrected chi connectivity index (χ3v) is 4.53. The van der Waals surface area contributed by atoms with E-state index in [9.17, 15) is 9.59 Å². The average molecular weight is 346 g/mol. The molecule has 1 aromatic heterocycles. The van der Waals surface area contributed by atoms with Gasteiger partial charge in [-0.3, -0.25) is 9.59 Å². The number of hydrogen-bond acceptors (Lipinski definition) is 5. The van der Waals surface area contributed by atoms with Crippen molar-refractivity contribution >= 4 is 28.3 Å². The van der Waals surface area contributed by atoms with Gasteiger partial charge in [0.05, 0.1) is 12.1 Å². The summed E-state index contributed by atoms with van der Waals surface area (Å²) in [6.07, 6.45) is 0.0703. The van der Waals surface area contributed by atoms with Crippen molar-refractivity contribution in [1.82, 2.24) is 4.98 Å². The summed E-state index contributed by atoms with van der Waals surface area (Å²) in [5.41, 5.74) is 3.56. The van der Waals surface area contributed by atoms with E-state index in [4.69, 9.17) is 4.74 Å². The Morgan fingerprint density at radius 2 is 1.88 bits per heavy atom. The number of rotatable bonds is 5. The highest BCUT2D eigenvalue weighted by Crippen LogP contribution is 2.26. The minimum atomic E-state index is -0.362. The molecule has 0 radical (unpaired) electrons. The van der Waals surface area contributed by atoms with Gasteiger partial charge in [-0.05, 0) is 37.5 Å². The molecule has 1 N–H and O–H groups in total. The summed E-state index contributed by atoms with van der Waals surface area (Å²) in [6, 6.07) is 3.94. The number of ether oxygens (including phenoxy) is 1. The summed E-state index contributed by atoms with van der Waals surface area (Å²) >= 11 is 1.30. The summed E-state index contributed by atoms with van der Waals surface area (Å²) in [7, 11) is 0. The summed E-state index contributed by atoms with van der Waals surface area (Å²) in [5, 5.41) is 4.98. The molecule has 0 saturated heterocycles. The second kappa shape index (κ2) is 7.57. The Balaban J connectivity index is 2.02. The highest BCUT2D eigenvalue weighted by Gasteiger charge is 2.15. The number of carbonyl (C=O) groups excluding carboxylic acids is 2. The number of amides is 1. The van der Waals surface area contributed by atoms with E-state index in [0.717, 1.165) is 16.7 Å². The first-order valence-electron chi connectivity index (χ1n) is 7.80. The third kappa shape index (κ3) is 4.41.